The first-order chi connectivity index (χ1) is 9.74. The highest BCUT2D eigenvalue weighted by atomic mass is 16.7. The first-order valence-corrected chi connectivity index (χ1v) is 6.34. The van der Waals surface area contributed by atoms with Crippen LogP contribution in [0.4, 0.5) is 0 Å². The molecule has 1 amide bonds. The molecule has 1 atom stereocenters. The van der Waals surface area contributed by atoms with Crippen molar-refractivity contribution in [3.05, 3.63) is 53.9 Å². The smallest absolute Gasteiger partial charge is 0.251 e. The van der Waals surface area contributed by atoms with Gasteiger partial charge in [0.05, 0.1) is 6.04 Å². The van der Waals surface area contributed by atoms with E-state index in [0.717, 1.165) is 11.3 Å². The van der Waals surface area contributed by atoms with E-state index in [1.54, 1.807) is 24.5 Å². The van der Waals surface area contributed by atoms with Crippen LogP contribution in [0.25, 0.3) is 0 Å². The number of amides is 1. The van der Waals surface area contributed by atoms with Gasteiger partial charge in [0.25, 0.3) is 5.91 Å². The lowest BCUT2D eigenvalue weighted by atomic mass is 10.1. The van der Waals surface area contributed by atoms with E-state index in [-0.39, 0.29) is 18.7 Å². The number of hydrogen-bond donors (Lipinski definition) is 1. The van der Waals surface area contributed by atoms with Gasteiger partial charge in [-0.1, -0.05) is 6.07 Å². The third-order valence-corrected chi connectivity index (χ3v) is 3.19. The molecule has 5 heteroatoms. The number of benzene rings is 1. The van der Waals surface area contributed by atoms with Crippen molar-refractivity contribution < 1.29 is 14.3 Å². The molecule has 0 unspecified atom stereocenters. The molecule has 0 fully saturated rings. The second kappa shape index (κ2) is 5.21. The molecule has 1 aliphatic rings. The standard InChI is InChI=1S/C15H14N2O3/c1-10(17-15(18)11-4-6-16-7-5-11)12-2-3-13-14(8-12)20-9-19-13/h2-8,10H,9H2,1H3,(H,17,18)/t10-/m1/s1. The average Bonchev–Trinajstić information content (AvgIpc) is 2.95. The van der Waals surface area contributed by atoms with Gasteiger partial charge in [0.15, 0.2) is 11.5 Å². The molecular weight excluding hydrogens is 256 g/mol. The monoisotopic (exact) mass is 270 g/mol. The van der Waals surface area contributed by atoms with Crippen LogP contribution in [0.3, 0.4) is 0 Å². The van der Waals surface area contributed by atoms with Crippen molar-refractivity contribution in [2.24, 2.45) is 0 Å². The molecule has 1 aromatic carbocycles. The molecule has 20 heavy (non-hydrogen) atoms. The Labute approximate surface area is 116 Å². The Balaban J connectivity index is 1.73. The third-order valence-electron chi connectivity index (χ3n) is 3.19. The van der Waals surface area contributed by atoms with Gasteiger partial charge in [-0.15, -0.1) is 0 Å². The molecule has 0 bridgehead atoms. The summed E-state index contributed by atoms with van der Waals surface area (Å²) in [5.41, 5.74) is 1.56. The molecule has 102 valence electrons. The normalized spacial score (nSPS) is 13.8. The van der Waals surface area contributed by atoms with Crippen molar-refractivity contribution in [3.63, 3.8) is 0 Å². The number of hydrogen-bond acceptors (Lipinski definition) is 4. The van der Waals surface area contributed by atoms with Gasteiger partial charge in [-0.2, -0.15) is 0 Å². The summed E-state index contributed by atoms with van der Waals surface area (Å²) >= 11 is 0. The van der Waals surface area contributed by atoms with E-state index >= 15 is 0 Å². The maximum atomic E-state index is 12.1. The molecule has 0 saturated heterocycles. The first-order valence-electron chi connectivity index (χ1n) is 6.34. The predicted molar refractivity (Wildman–Crippen MR) is 72.7 cm³/mol. The van der Waals surface area contributed by atoms with Crippen LogP contribution in [0, 0.1) is 0 Å². The van der Waals surface area contributed by atoms with Crippen molar-refractivity contribution >= 4 is 5.91 Å². The number of ether oxygens (including phenoxy) is 2. The van der Waals surface area contributed by atoms with Gasteiger partial charge in [-0.3, -0.25) is 9.78 Å². The van der Waals surface area contributed by atoms with Crippen LogP contribution in [0.2, 0.25) is 0 Å². The largest absolute Gasteiger partial charge is 0.454 e. The topological polar surface area (TPSA) is 60.5 Å². The molecule has 0 saturated carbocycles. The fourth-order valence-corrected chi connectivity index (χ4v) is 2.05. The number of pyridine rings is 1. The van der Waals surface area contributed by atoms with Crippen molar-refractivity contribution in [2.45, 2.75) is 13.0 Å². The lowest BCUT2D eigenvalue weighted by Crippen LogP contribution is -2.26. The van der Waals surface area contributed by atoms with Gasteiger partial charge in [0, 0.05) is 18.0 Å². The van der Waals surface area contributed by atoms with Crippen LogP contribution in [-0.4, -0.2) is 17.7 Å². The minimum absolute atomic E-state index is 0.120. The Bertz CT molecular complexity index is 628. The summed E-state index contributed by atoms with van der Waals surface area (Å²) in [7, 11) is 0. The van der Waals surface area contributed by atoms with E-state index in [9.17, 15) is 4.79 Å². The minimum atomic E-state index is -0.127. The number of carbonyl (C=O) groups excluding carboxylic acids is 1. The lowest BCUT2D eigenvalue weighted by Gasteiger charge is -2.14. The summed E-state index contributed by atoms with van der Waals surface area (Å²) in [5, 5.41) is 2.94. The Morgan fingerprint density at radius 1 is 1.20 bits per heavy atom. The predicted octanol–water partition coefficient (Wildman–Crippen LogP) is 2.30. The Kier molecular flexibility index (Phi) is 3.25. The highest BCUT2D eigenvalue weighted by Crippen LogP contribution is 2.34. The lowest BCUT2D eigenvalue weighted by molar-refractivity contribution is 0.0939. The van der Waals surface area contributed by atoms with Gasteiger partial charge in [-0.05, 0) is 36.8 Å². The molecule has 1 N–H and O–H groups in total. The molecule has 0 spiro atoms. The second-order valence-corrected chi connectivity index (χ2v) is 4.54. The molecule has 5 nitrogen and oxygen atoms in total. The summed E-state index contributed by atoms with van der Waals surface area (Å²) in [5.74, 6) is 1.33. The number of fused-ring (bicyclic) bond motifs is 1. The van der Waals surface area contributed by atoms with E-state index in [1.165, 1.54) is 0 Å². The summed E-state index contributed by atoms with van der Waals surface area (Å²) < 4.78 is 10.6. The van der Waals surface area contributed by atoms with Gasteiger partial charge in [-0.25, -0.2) is 0 Å². The summed E-state index contributed by atoms with van der Waals surface area (Å²) in [6.45, 7) is 2.17. The second-order valence-electron chi connectivity index (χ2n) is 4.54. The van der Waals surface area contributed by atoms with Gasteiger partial charge in [0.1, 0.15) is 0 Å². The number of carbonyl (C=O) groups is 1. The van der Waals surface area contributed by atoms with Crippen LogP contribution in [0.1, 0.15) is 28.9 Å². The first kappa shape index (κ1) is 12.5. The quantitative estimate of drug-likeness (QED) is 0.929. The number of nitrogens with one attached hydrogen (secondary N) is 1. The molecule has 3 rings (SSSR count). The Hall–Kier alpha value is -2.56. The zero-order valence-electron chi connectivity index (χ0n) is 11.0. The SMILES string of the molecule is C[C@@H](NC(=O)c1ccncc1)c1ccc2c(c1)OCO2. The number of rotatable bonds is 3. The maximum absolute atomic E-state index is 12.1. The summed E-state index contributed by atoms with van der Waals surface area (Å²) in [4.78, 5) is 16.0. The highest BCUT2D eigenvalue weighted by molar-refractivity contribution is 5.94. The van der Waals surface area contributed by atoms with E-state index in [0.29, 0.717) is 11.3 Å². The maximum Gasteiger partial charge on any atom is 0.251 e. The van der Waals surface area contributed by atoms with Crippen LogP contribution >= 0.6 is 0 Å². The molecule has 1 aromatic heterocycles. The fourth-order valence-electron chi connectivity index (χ4n) is 2.05. The van der Waals surface area contributed by atoms with Gasteiger partial charge in [0.2, 0.25) is 6.79 Å². The van der Waals surface area contributed by atoms with Crippen molar-refractivity contribution in [1.29, 1.82) is 0 Å². The Morgan fingerprint density at radius 3 is 2.75 bits per heavy atom. The zero-order valence-corrected chi connectivity index (χ0v) is 11.0. The fraction of sp³-hybridized carbons (Fsp3) is 0.200. The van der Waals surface area contributed by atoms with Crippen molar-refractivity contribution in [3.8, 4) is 11.5 Å². The van der Waals surface area contributed by atoms with E-state index < -0.39 is 0 Å². The van der Waals surface area contributed by atoms with Crippen LogP contribution in [0.15, 0.2) is 42.7 Å². The minimum Gasteiger partial charge on any atom is -0.454 e. The van der Waals surface area contributed by atoms with Crippen LogP contribution in [-0.2, 0) is 0 Å². The van der Waals surface area contributed by atoms with E-state index in [2.05, 4.69) is 10.3 Å². The molecule has 1 aliphatic heterocycles. The summed E-state index contributed by atoms with van der Waals surface area (Å²) in [6, 6.07) is 8.91. The van der Waals surface area contributed by atoms with Crippen LogP contribution < -0.4 is 14.8 Å². The third kappa shape index (κ3) is 2.42. The van der Waals surface area contributed by atoms with Crippen molar-refractivity contribution in [1.82, 2.24) is 10.3 Å². The number of aromatic nitrogens is 1. The molecule has 2 heterocycles. The van der Waals surface area contributed by atoms with E-state index in [4.69, 9.17) is 9.47 Å². The van der Waals surface area contributed by atoms with Gasteiger partial charge >= 0.3 is 0 Å². The molecular formula is C15H14N2O3. The molecule has 0 radical (unpaired) electrons. The zero-order chi connectivity index (χ0) is 13.9. The van der Waals surface area contributed by atoms with Crippen molar-refractivity contribution in [2.75, 3.05) is 6.79 Å². The average molecular weight is 270 g/mol. The number of nitrogens with zero attached hydrogens (tertiary/aromatic N) is 1. The summed E-state index contributed by atoms with van der Waals surface area (Å²) in [6.07, 6.45) is 3.19. The Morgan fingerprint density at radius 2 is 1.95 bits per heavy atom. The van der Waals surface area contributed by atoms with E-state index in [1.807, 2.05) is 25.1 Å². The highest BCUT2D eigenvalue weighted by Gasteiger charge is 2.17. The molecule has 2 aromatic rings. The van der Waals surface area contributed by atoms with Gasteiger partial charge < -0.3 is 14.8 Å². The van der Waals surface area contributed by atoms with Crippen LogP contribution in [0.5, 0.6) is 11.5 Å². The molecule has 0 aliphatic carbocycles.